The number of halogens is 1. The van der Waals surface area contributed by atoms with Crippen molar-refractivity contribution < 1.29 is 9.47 Å². The molecule has 3 nitrogen and oxygen atoms in total. The molecule has 0 atom stereocenters. The molecule has 0 aromatic heterocycles. The first kappa shape index (κ1) is 15.5. The fourth-order valence-corrected chi connectivity index (χ4v) is 2.05. The molecule has 0 fully saturated rings. The van der Waals surface area contributed by atoms with Crippen LogP contribution in [0.3, 0.4) is 0 Å². The van der Waals surface area contributed by atoms with Gasteiger partial charge in [-0.2, -0.15) is 0 Å². The molecule has 1 N–H and O–H groups in total. The maximum atomic E-state index is 5.87. The highest BCUT2D eigenvalue weighted by Gasteiger charge is 2.05. The van der Waals surface area contributed by atoms with Crippen molar-refractivity contribution in [3.63, 3.8) is 0 Å². The lowest BCUT2D eigenvalue weighted by atomic mass is 10.2. The van der Waals surface area contributed by atoms with E-state index in [1.807, 2.05) is 42.5 Å². The number of nitrogens with one attached hydrogen (secondary N) is 1. The van der Waals surface area contributed by atoms with E-state index in [1.165, 1.54) is 0 Å². The second-order valence-corrected chi connectivity index (χ2v) is 5.13. The maximum absolute atomic E-state index is 5.87. The number of ether oxygens (including phenoxy) is 2. The molecule has 0 bridgehead atoms. The number of benzene rings is 2. The highest BCUT2D eigenvalue weighted by atomic mass is 35.5. The predicted octanol–water partition coefficient (Wildman–Crippen LogP) is 4.75. The van der Waals surface area contributed by atoms with Gasteiger partial charge in [-0.25, -0.2) is 0 Å². The zero-order valence-electron chi connectivity index (χ0n) is 12.4. The SMILES string of the molecule is CCCOc1cc(CNc2ccc(Cl)cc2)ccc1OC. The molecule has 2 aromatic carbocycles. The van der Waals surface area contributed by atoms with Gasteiger partial charge in [0.15, 0.2) is 11.5 Å². The molecule has 0 aliphatic rings. The number of rotatable bonds is 7. The summed E-state index contributed by atoms with van der Waals surface area (Å²) in [6.07, 6.45) is 0.969. The summed E-state index contributed by atoms with van der Waals surface area (Å²) in [6.45, 7) is 3.48. The molecular weight excluding hydrogens is 286 g/mol. The largest absolute Gasteiger partial charge is 0.493 e. The number of hydrogen-bond acceptors (Lipinski definition) is 3. The van der Waals surface area contributed by atoms with Crippen LogP contribution in [0.2, 0.25) is 5.02 Å². The Bertz CT molecular complexity index is 570. The van der Waals surface area contributed by atoms with E-state index >= 15 is 0 Å². The fourth-order valence-electron chi connectivity index (χ4n) is 1.93. The molecule has 0 radical (unpaired) electrons. The Labute approximate surface area is 130 Å². The third kappa shape index (κ3) is 4.57. The van der Waals surface area contributed by atoms with E-state index in [0.717, 1.165) is 34.2 Å². The zero-order valence-corrected chi connectivity index (χ0v) is 13.1. The van der Waals surface area contributed by atoms with Crippen molar-refractivity contribution in [3.05, 3.63) is 53.1 Å². The van der Waals surface area contributed by atoms with E-state index < -0.39 is 0 Å². The van der Waals surface area contributed by atoms with Gasteiger partial charge in [-0.3, -0.25) is 0 Å². The monoisotopic (exact) mass is 305 g/mol. The van der Waals surface area contributed by atoms with E-state index in [4.69, 9.17) is 21.1 Å². The Hall–Kier alpha value is -1.87. The Kier molecular flexibility index (Phi) is 5.76. The van der Waals surface area contributed by atoms with Crippen LogP contribution in [0.25, 0.3) is 0 Å². The van der Waals surface area contributed by atoms with Gasteiger partial charge in [0.1, 0.15) is 0 Å². The summed E-state index contributed by atoms with van der Waals surface area (Å²) in [5, 5.41) is 4.09. The smallest absolute Gasteiger partial charge is 0.161 e. The topological polar surface area (TPSA) is 30.5 Å². The summed E-state index contributed by atoms with van der Waals surface area (Å²) in [5.74, 6) is 1.55. The predicted molar refractivity (Wildman–Crippen MR) is 87.6 cm³/mol. The molecule has 0 spiro atoms. The van der Waals surface area contributed by atoms with Gasteiger partial charge < -0.3 is 14.8 Å². The van der Waals surface area contributed by atoms with Crippen LogP contribution >= 0.6 is 11.6 Å². The zero-order chi connectivity index (χ0) is 15.1. The van der Waals surface area contributed by atoms with Crippen molar-refractivity contribution in [2.24, 2.45) is 0 Å². The van der Waals surface area contributed by atoms with Crippen molar-refractivity contribution in [1.82, 2.24) is 0 Å². The summed E-state index contributed by atoms with van der Waals surface area (Å²) < 4.78 is 11.0. The number of methoxy groups -OCH3 is 1. The van der Waals surface area contributed by atoms with Crippen LogP contribution < -0.4 is 14.8 Å². The molecule has 0 heterocycles. The van der Waals surface area contributed by atoms with Gasteiger partial charge in [0.05, 0.1) is 13.7 Å². The first-order valence-corrected chi connectivity index (χ1v) is 7.40. The molecular formula is C17H20ClNO2. The average molecular weight is 306 g/mol. The van der Waals surface area contributed by atoms with Crippen LogP contribution in [0.4, 0.5) is 5.69 Å². The van der Waals surface area contributed by atoms with Crippen molar-refractivity contribution >= 4 is 17.3 Å². The van der Waals surface area contributed by atoms with E-state index in [1.54, 1.807) is 7.11 Å². The Morgan fingerprint density at radius 2 is 1.81 bits per heavy atom. The molecule has 0 unspecified atom stereocenters. The van der Waals surface area contributed by atoms with Gasteiger partial charge in [-0.05, 0) is 48.4 Å². The lowest BCUT2D eigenvalue weighted by molar-refractivity contribution is 0.294. The summed E-state index contributed by atoms with van der Waals surface area (Å²) in [5.41, 5.74) is 2.17. The first-order chi connectivity index (χ1) is 10.2. The summed E-state index contributed by atoms with van der Waals surface area (Å²) in [4.78, 5) is 0. The van der Waals surface area contributed by atoms with Crippen molar-refractivity contribution in [2.75, 3.05) is 19.0 Å². The van der Waals surface area contributed by atoms with Gasteiger partial charge in [0.2, 0.25) is 0 Å². The lowest BCUT2D eigenvalue weighted by Gasteiger charge is -2.12. The molecule has 0 saturated heterocycles. The van der Waals surface area contributed by atoms with Crippen molar-refractivity contribution in [3.8, 4) is 11.5 Å². The molecule has 21 heavy (non-hydrogen) atoms. The highest BCUT2D eigenvalue weighted by molar-refractivity contribution is 6.30. The van der Waals surface area contributed by atoms with Crippen molar-refractivity contribution in [2.45, 2.75) is 19.9 Å². The van der Waals surface area contributed by atoms with Gasteiger partial charge in [0.25, 0.3) is 0 Å². The lowest BCUT2D eigenvalue weighted by Crippen LogP contribution is -2.02. The molecule has 0 aliphatic carbocycles. The second-order valence-electron chi connectivity index (χ2n) is 4.69. The summed E-state index contributed by atoms with van der Waals surface area (Å²) >= 11 is 5.87. The third-order valence-electron chi connectivity index (χ3n) is 3.03. The van der Waals surface area contributed by atoms with Crippen LogP contribution in [0.5, 0.6) is 11.5 Å². The van der Waals surface area contributed by atoms with E-state index in [0.29, 0.717) is 13.2 Å². The van der Waals surface area contributed by atoms with Crippen LogP contribution in [-0.2, 0) is 6.54 Å². The van der Waals surface area contributed by atoms with Gasteiger partial charge in [-0.15, -0.1) is 0 Å². The van der Waals surface area contributed by atoms with Crippen LogP contribution in [0, 0.1) is 0 Å². The van der Waals surface area contributed by atoms with E-state index in [9.17, 15) is 0 Å². The van der Waals surface area contributed by atoms with Crippen LogP contribution in [0.1, 0.15) is 18.9 Å². The molecule has 0 amide bonds. The maximum Gasteiger partial charge on any atom is 0.161 e. The highest BCUT2D eigenvalue weighted by Crippen LogP contribution is 2.28. The third-order valence-corrected chi connectivity index (χ3v) is 3.28. The van der Waals surface area contributed by atoms with Crippen molar-refractivity contribution in [1.29, 1.82) is 0 Å². The normalized spacial score (nSPS) is 10.2. The summed E-state index contributed by atoms with van der Waals surface area (Å²) in [7, 11) is 1.65. The number of hydrogen-bond donors (Lipinski definition) is 1. The Morgan fingerprint density at radius 1 is 1.05 bits per heavy atom. The quantitative estimate of drug-likeness (QED) is 0.800. The van der Waals surface area contributed by atoms with E-state index in [-0.39, 0.29) is 0 Å². The van der Waals surface area contributed by atoms with Crippen LogP contribution in [-0.4, -0.2) is 13.7 Å². The minimum Gasteiger partial charge on any atom is -0.493 e. The standard InChI is InChI=1S/C17H20ClNO2/c1-3-10-21-17-11-13(4-9-16(17)20-2)12-19-15-7-5-14(18)6-8-15/h4-9,11,19H,3,10,12H2,1-2H3. The average Bonchev–Trinajstić information content (AvgIpc) is 2.52. The molecule has 0 aliphatic heterocycles. The second kappa shape index (κ2) is 7.79. The Morgan fingerprint density at radius 3 is 2.48 bits per heavy atom. The van der Waals surface area contributed by atoms with Gasteiger partial charge >= 0.3 is 0 Å². The van der Waals surface area contributed by atoms with Gasteiger partial charge in [-0.1, -0.05) is 24.6 Å². The summed E-state index contributed by atoms with van der Waals surface area (Å²) in [6, 6.07) is 13.6. The molecule has 2 aromatic rings. The van der Waals surface area contributed by atoms with Gasteiger partial charge in [0, 0.05) is 17.3 Å². The molecule has 4 heteroatoms. The van der Waals surface area contributed by atoms with E-state index in [2.05, 4.69) is 12.2 Å². The first-order valence-electron chi connectivity index (χ1n) is 7.02. The minimum absolute atomic E-state index is 0.685. The molecule has 112 valence electrons. The minimum atomic E-state index is 0.685. The molecule has 2 rings (SSSR count). The van der Waals surface area contributed by atoms with Crippen LogP contribution in [0.15, 0.2) is 42.5 Å². The fraction of sp³-hybridized carbons (Fsp3) is 0.294. The molecule has 0 saturated carbocycles. The Balaban J connectivity index is 2.04. The number of anilines is 1.